The summed E-state index contributed by atoms with van der Waals surface area (Å²) in [5.74, 6) is -0.215. The van der Waals surface area contributed by atoms with Gasteiger partial charge in [-0.15, -0.1) is 0 Å². The van der Waals surface area contributed by atoms with E-state index in [1.807, 2.05) is 31.2 Å². The smallest absolute Gasteiger partial charge is 0.251 e. The van der Waals surface area contributed by atoms with E-state index in [1.54, 1.807) is 6.26 Å². The molecule has 1 amide bonds. The molecule has 134 valence electrons. The molecule has 0 radical (unpaired) electrons. The zero-order chi connectivity index (χ0) is 18.5. The Bertz CT molecular complexity index is 904. The van der Waals surface area contributed by atoms with Crippen LogP contribution in [0.2, 0.25) is 0 Å². The second-order valence-corrected chi connectivity index (χ2v) is 5.87. The van der Waals surface area contributed by atoms with Gasteiger partial charge in [0.05, 0.1) is 12.8 Å². The molecular weight excluding hydrogens is 335 g/mol. The second-order valence-electron chi connectivity index (χ2n) is 5.87. The summed E-state index contributed by atoms with van der Waals surface area (Å²) < 4.78 is 23.8. The first-order valence-electron chi connectivity index (χ1n) is 8.20. The second kappa shape index (κ2) is 7.82. The zero-order valence-electron chi connectivity index (χ0n) is 14.6. The predicted octanol–water partition coefficient (Wildman–Crippen LogP) is 3.77. The quantitative estimate of drug-likeness (QED) is 0.732. The van der Waals surface area contributed by atoms with Gasteiger partial charge in [0, 0.05) is 24.1 Å². The van der Waals surface area contributed by atoms with Crippen molar-refractivity contribution in [3.8, 4) is 17.2 Å². The topological polar surface area (TPSA) is 64.4 Å². The number of rotatable bonds is 6. The highest BCUT2D eigenvalue weighted by atomic mass is 19.1. The van der Waals surface area contributed by atoms with E-state index in [1.165, 1.54) is 30.9 Å². The van der Waals surface area contributed by atoms with Crippen molar-refractivity contribution in [1.82, 2.24) is 10.3 Å². The number of aryl methyl sites for hydroxylation is 1. The highest BCUT2D eigenvalue weighted by Crippen LogP contribution is 2.20. The molecule has 5 nitrogen and oxygen atoms in total. The lowest BCUT2D eigenvalue weighted by atomic mass is 10.1. The molecule has 0 fully saturated rings. The monoisotopic (exact) mass is 354 g/mol. The molecule has 0 bridgehead atoms. The van der Waals surface area contributed by atoms with E-state index in [2.05, 4.69) is 10.3 Å². The lowest BCUT2D eigenvalue weighted by molar-refractivity contribution is 0.0953. The average molecular weight is 354 g/mol. The van der Waals surface area contributed by atoms with Gasteiger partial charge in [0.1, 0.15) is 6.26 Å². The van der Waals surface area contributed by atoms with Crippen LogP contribution in [0.25, 0.3) is 11.5 Å². The van der Waals surface area contributed by atoms with E-state index in [0.717, 1.165) is 11.3 Å². The standard InChI is InChI=1S/C20H19FN2O3/c1-13-3-5-14(6-4-13)20-23-16(12-26-20)9-10-22-19(24)15-7-8-17(21)18(11-15)25-2/h3-8,11-12H,9-10H2,1-2H3,(H,22,24). The fourth-order valence-electron chi connectivity index (χ4n) is 2.46. The predicted molar refractivity (Wildman–Crippen MR) is 95.7 cm³/mol. The fourth-order valence-corrected chi connectivity index (χ4v) is 2.46. The number of carbonyl (C=O) groups excluding carboxylic acids is 1. The van der Waals surface area contributed by atoms with Crippen LogP contribution in [-0.4, -0.2) is 24.5 Å². The zero-order valence-corrected chi connectivity index (χ0v) is 14.6. The summed E-state index contributed by atoms with van der Waals surface area (Å²) in [5.41, 5.74) is 3.16. The van der Waals surface area contributed by atoms with Crippen molar-refractivity contribution in [3.63, 3.8) is 0 Å². The van der Waals surface area contributed by atoms with E-state index in [9.17, 15) is 9.18 Å². The Hall–Kier alpha value is -3.15. The normalized spacial score (nSPS) is 10.6. The molecule has 1 heterocycles. The molecule has 0 aliphatic rings. The number of benzene rings is 2. The minimum absolute atomic E-state index is 0.0388. The maximum absolute atomic E-state index is 13.4. The van der Waals surface area contributed by atoms with Gasteiger partial charge >= 0.3 is 0 Å². The minimum Gasteiger partial charge on any atom is -0.494 e. The highest BCUT2D eigenvalue weighted by molar-refractivity contribution is 5.94. The van der Waals surface area contributed by atoms with Gasteiger partial charge in [0.2, 0.25) is 5.89 Å². The largest absolute Gasteiger partial charge is 0.494 e. The number of halogens is 1. The number of hydrogen-bond donors (Lipinski definition) is 1. The Morgan fingerprint density at radius 3 is 2.73 bits per heavy atom. The van der Waals surface area contributed by atoms with Gasteiger partial charge in [-0.05, 0) is 37.3 Å². The van der Waals surface area contributed by atoms with Crippen LogP contribution in [0, 0.1) is 12.7 Å². The van der Waals surface area contributed by atoms with Crippen molar-refractivity contribution in [3.05, 3.63) is 71.4 Å². The Morgan fingerprint density at radius 2 is 2.00 bits per heavy atom. The molecule has 0 spiro atoms. The van der Waals surface area contributed by atoms with Crippen LogP contribution >= 0.6 is 0 Å². The summed E-state index contributed by atoms with van der Waals surface area (Å²) in [6.45, 7) is 2.41. The summed E-state index contributed by atoms with van der Waals surface area (Å²) >= 11 is 0. The van der Waals surface area contributed by atoms with Gasteiger partial charge < -0.3 is 14.5 Å². The van der Waals surface area contributed by atoms with Crippen LogP contribution < -0.4 is 10.1 Å². The van der Waals surface area contributed by atoms with Gasteiger partial charge in [0.15, 0.2) is 11.6 Å². The Kier molecular flexibility index (Phi) is 5.31. The average Bonchev–Trinajstić information content (AvgIpc) is 3.11. The number of nitrogens with one attached hydrogen (secondary N) is 1. The third-order valence-electron chi connectivity index (χ3n) is 3.93. The van der Waals surface area contributed by atoms with Gasteiger partial charge in [-0.25, -0.2) is 9.37 Å². The highest BCUT2D eigenvalue weighted by Gasteiger charge is 2.11. The van der Waals surface area contributed by atoms with Gasteiger partial charge in [-0.3, -0.25) is 4.79 Å². The first-order chi connectivity index (χ1) is 12.6. The number of aromatic nitrogens is 1. The molecule has 2 aromatic carbocycles. The summed E-state index contributed by atoms with van der Waals surface area (Å²) in [6.07, 6.45) is 2.11. The number of ether oxygens (including phenoxy) is 1. The summed E-state index contributed by atoms with van der Waals surface area (Å²) in [5, 5.41) is 2.78. The Balaban J connectivity index is 1.56. The summed E-state index contributed by atoms with van der Waals surface area (Å²) in [7, 11) is 1.36. The number of carbonyl (C=O) groups is 1. The number of amides is 1. The summed E-state index contributed by atoms with van der Waals surface area (Å²) in [6, 6.07) is 11.9. The van der Waals surface area contributed by atoms with Gasteiger partial charge in [0.25, 0.3) is 5.91 Å². The molecule has 3 aromatic rings. The lowest BCUT2D eigenvalue weighted by Gasteiger charge is -2.06. The van der Waals surface area contributed by atoms with E-state index in [0.29, 0.717) is 24.4 Å². The first kappa shape index (κ1) is 17.7. The molecule has 0 saturated carbocycles. The van der Waals surface area contributed by atoms with E-state index in [4.69, 9.17) is 9.15 Å². The lowest BCUT2D eigenvalue weighted by Crippen LogP contribution is -2.25. The fraction of sp³-hybridized carbons (Fsp3) is 0.200. The molecule has 0 unspecified atom stereocenters. The van der Waals surface area contributed by atoms with Crippen LogP contribution in [0.3, 0.4) is 0 Å². The number of nitrogens with zero attached hydrogens (tertiary/aromatic N) is 1. The van der Waals surface area contributed by atoms with Crippen LogP contribution in [0.15, 0.2) is 53.1 Å². The van der Waals surface area contributed by atoms with Gasteiger partial charge in [-0.1, -0.05) is 17.7 Å². The molecule has 3 rings (SSSR count). The Labute approximate surface area is 150 Å². The van der Waals surface area contributed by atoms with Crippen molar-refractivity contribution >= 4 is 5.91 Å². The van der Waals surface area contributed by atoms with Crippen molar-refractivity contribution in [2.75, 3.05) is 13.7 Å². The maximum atomic E-state index is 13.4. The van der Waals surface area contributed by atoms with Crippen LogP contribution in [0.4, 0.5) is 4.39 Å². The third-order valence-corrected chi connectivity index (χ3v) is 3.93. The van der Waals surface area contributed by atoms with Gasteiger partial charge in [-0.2, -0.15) is 0 Å². The van der Waals surface area contributed by atoms with Crippen LogP contribution in [0.5, 0.6) is 5.75 Å². The third kappa shape index (κ3) is 4.08. The number of methoxy groups -OCH3 is 1. The first-order valence-corrected chi connectivity index (χ1v) is 8.20. The Morgan fingerprint density at radius 1 is 1.23 bits per heavy atom. The molecule has 1 N–H and O–H groups in total. The van der Waals surface area contributed by atoms with Crippen molar-refractivity contribution in [1.29, 1.82) is 0 Å². The van der Waals surface area contributed by atoms with Crippen molar-refractivity contribution in [2.45, 2.75) is 13.3 Å². The van der Waals surface area contributed by atoms with E-state index < -0.39 is 5.82 Å². The number of hydrogen-bond acceptors (Lipinski definition) is 4. The molecule has 6 heteroatoms. The van der Waals surface area contributed by atoms with Crippen LogP contribution in [-0.2, 0) is 6.42 Å². The molecule has 0 atom stereocenters. The SMILES string of the molecule is COc1cc(C(=O)NCCc2coc(-c3ccc(C)cc3)n2)ccc1F. The maximum Gasteiger partial charge on any atom is 0.251 e. The van der Waals surface area contributed by atoms with E-state index in [-0.39, 0.29) is 11.7 Å². The summed E-state index contributed by atoms with van der Waals surface area (Å²) in [4.78, 5) is 16.6. The molecule has 0 aliphatic heterocycles. The molecule has 0 saturated heterocycles. The molecule has 0 aliphatic carbocycles. The number of oxazole rings is 1. The van der Waals surface area contributed by atoms with Crippen LogP contribution in [0.1, 0.15) is 21.6 Å². The molecule has 26 heavy (non-hydrogen) atoms. The molecular formula is C20H19FN2O3. The molecule has 1 aromatic heterocycles. The minimum atomic E-state index is -0.504. The van der Waals surface area contributed by atoms with Crippen molar-refractivity contribution in [2.24, 2.45) is 0 Å². The van der Waals surface area contributed by atoms with E-state index >= 15 is 0 Å². The van der Waals surface area contributed by atoms with Crippen molar-refractivity contribution < 1.29 is 18.3 Å².